The van der Waals surface area contributed by atoms with Gasteiger partial charge in [-0.25, -0.2) is 4.79 Å². The van der Waals surface area contributed by atoms with Crippen LogP contribution in [0.25, 0.3) is 0 Å². The molecule has 0 bridgehead atoms. The number of hydrogen-bond acceptors (Lipinski definition) is 4. The van der Waals surface area contributed by atoms with Crippen LogP contribution in [0.5, 0.6) is 5.75 Å². The summed E-state index contributed by atoms with van der Waals surface area (Å²) in [5, 5.41) is 18.7. The molecule has 0 radical (unpaired) electrons. The first kappa shape index (κ1) is 15.3. The summed E-state index contributed by atoms with van der Waals surface area (Å²) in [7, 11) is 0. The molecule has 2 rings (SSSR count). The number of likely N-dealkylation sites (tertiary alicyclic amines) is 1. The van der Waals surface area contributed by atoms with E-state index in [2.05, 4.69) is 0 Å². The maximum Gasteiger partial charge on any atom is 0.326 e. The second kappa shape index (κ2) is 6.58. The molecule has 0 aromatic heterocycles. The Morgan fingerprint density at radius 2 is 2.00 bits per heavy atom. The van der Waals surface area contributed by atoms with Gasteiger partial charge in [-0.1, -0.05) is 6.92 Å². The number of nitrogens with zero attached hydrogens (tertiary/aromatic N) is 1. The van der Waals surface area contributed by atoms with Crippen LogP contribution in [0.1, 0.15) is 30.1 Å². The molecule has 0 aliphatic carbocycles. The van der Waals surface area contributed by atoms with Crippen molar-refractivity contribution in [2.45, 2.75) is 31.9 Å². The maximum atomic E-state index is 12.3. The maximum absolute atomic E-state index is 12.3. The van der Waals surface area contributed by atoms with E-state index in [4.69, 9.17) is 9.84 Å². The second-order valence-corrected chi connectivity index (χ2v) is 5.07. The van der Waals surface area contributed by atoms with Gasteiger partial charge in [0.2, 0.25) is 0 Å². The van der Waals surface area contributed by atoms with Crippen LogP contribution >= 0.6 is 0 Å². The van der Waals surface area contributed by atoms with E-state index in [1.54, 1.807) is 24.3 Å². The average Bonchev–Trinajstić information content (AvgIpc) is 2.87. The molecule has 0 spiro atoms. The predicted molar refractivity (Wildman–Crippen MR) is 75.3 cm³/mol. The van der Waals surface area contributed by atoms with E-state index in [1.165, 1.54) is 4.90 Å². The molecular formula is C15H19NO5. The third kappa shape index (κ3) is 3.52. The molecule has 1 fully saturated rings. The van der Waals surface area contributed by atoms with Crippen molar-refractivity contribution in [2.24, 2.45) is 0 Å². The summed E-state index contributed by atoms with van der Waals surface area (Å²) >= 11 is 0. The summed E-state index contributed by atoms with van der Waals surface area (Å²) in [4.78, 5) is 24.7. The monoisotopic (exact) mass is 293 g/mol. The van der Waals surface area contributed by atoms with Crippen LogP contribution in [-0.2, 0) is 4.79 Å². The van der Waals surface area contributed by atoms with Crippen molar-refractivity contribution in [2.75, 3.05) is 13.2 Å². The zero-order chi connectivity index (χ0) is 15.4. The van der Waals surface area contributed by atoms with Crippen LogP contribution < -0.4 is 4.74 Å². The lowest BCUT2D eigenvalue weighted by molar-refractivity contribution is -0.141. The Morgan fingerprint density at radius 3 is 2.57 bits per heavy atom. The number of aliphatic carboxylic acids is 1. The summed E-state index contributed by atoms with van der Waals surface area (Å²) in [6.07, 6.45) is 0.174. The minimum Gasteiger partial charge on any atom is -0.494 e. The van der Waals surface area contributed by atoms with Crippen molar-refractivity contribution in [3.63, 3.8) is 0 Å². The Morgan fingerprint density at radius 1 is 1.33 bits per heavy atom. The van der Waals surface area contributed by atoms with E-state index in [0.717, 1.165) is 6.42 Å². The minimum atomic E-state index is -1.09. The van der Waals surface area contributed by atoms with Crippen molar-refractivity contribution in [3.05, 3.63) is 29.8 Å². The molecule has 1 aliphatic heterocycles. The fourth-order valence-electron chi connectivity index (χ4n) is 2.35. The molecular weight excluding hydrogens is 274 g/mol. The number of carboxylic acid groups (broad SMARTS) is 1. The Hall–Kier alpha value is -2.08. The predicted octanol–water partition coefficient (Wildman–Crippen LogP) is 1.14. The zero-order valence-corrected chi connectivity index (χ0v) is 11.9. The summed E-state index contributed by atoms with van der Waals surface area (Å²) in [5.74, 6) is -0.812. The number of ether oxygens (including phenoxy) is 1. The highest BCUT2D eigenvalue weighted by Gasteiger charge is 2.39. The highest BCUT2D eigenvalue weighted by atomic mass is 16.5. The molecule has 6 heteroatoms. The van der Waals surface area contributed by atoms with E-state index in [1.807, 2.05) is 6.92 Å². The van der Waals surface area contributed by atoms with Crippen molar-refractivity contribution in [1.82, 2.24) is 4.90 Å². The lowest BCUT2D eigenvalue weighted by Crippen LogP contribution is -2.40. The molecule has 2 N–H and O–H groups in total. The molecule has 1 saturated heterocycles. The molecule has 1 amide bonds. The summed E-state index contributed by atoms with van der Waals surface area (Å²) in [6, 6.07) is 5.62. The van der Waals surface area contributed by atoms with Gasteiger partial charge >= 0.3 is 5.97 Å². The first-order valence-corrected chi connectivity index (χ1v) is 6.97. The molecule has 1 aromatic carbocycles. The van der Waals surface area contributed by atoms with Crippen molar-refractivity contribution >= 4 is 11.9 Å². The van der Waals surface area contributed by atoms with E-state index in [9.17, 15) is 14.7 Å². The highest BCUT2D eigenvalue weighted by molar-refractivity contribution is 5.97. The lowest BCUT2D eigenvalue weighted by Gasteiger charge is -2.21. The van der Waals surface area contributed by atoms with Crippen LogP contribution in [0, 0.1) is 0 Å². The number of β-amino-alcohol motifs (C(OH)–C–C–N with tert-alkyl or cyclic N) is 1. The highest BCUT2D eigenvalue weighted by Crippen LogP contribution is 2.22. The van der Waals surface area contributed by atoms with Gasteiger partial charge in [-0.3, -0.25) is 4.79 Å². The quantitative estimate of drug-likeness (QED) is 0.850. The van der Waals surface area contributed by atoms with Crippen molar-refractivity contribution in [1.29, 1.82) is 0 Å². The van der Waals surface area contributed by atoms with Crippen LogP contribution in [0.3, 0.4) is 0 Å². The largest absolute Gasteiger partial charge is 0.494 e. The number of rotatable bonds is 5. The van der Waals surface area contributed by atoms with Gasteiger partial charge in [-0.2, -0.15) is 0 Å². The van der Waals surface area contributed by atoms with Gasteiger partial charge in [0, 0.05) is 18.5 Å². The fraction of sp³-hybridized carbons (Fsp3) is 0.467. The Bertz CT molecular complexity index is 513. The number of benzene rings is 1. The fourth-order valence-corrected chi connectivity index (χ4v) is 2.35. The van der Waals surface area contributed by atoms with Crippen LogP contribution in [-0.4, -0.2) is 52.3 Å². The van der Waals surface area contributed by atoms with Gasteiger partial charge in [0.1, 0.15) is 11.8 Å². The number of aliphatic hydroxyl groups excluding tert-OH is 1. The second-order valence-electron chi connectivity index (χ2n) is 5.07. The van der Waals surface area contributed by atoms with Crippen molar-refractivity contribution in [3.8, 4) is 5.75 Å². The number of carbonyl (C=O) groups excluding carboxylic acids is 1. The lowest BCUT2D eigenvalue weighted by atomic mass is 10.1. The van der Waals surface area contributed by atoms with E-state index >= 15 is 0 Å². The standard InChI is InChI=1S/C15H19NO5/c1-2-7-21-12-5-3-10(4-6-12)14(18)16-9-11(17)8-13(16)15(19)20/h3-6,11,13,17H,2,7-9H2,1H3,(H,19,20)/t11-,13-/m0/s1. The van der Waals surface area contributed by atoms with Gasteiger partial charge < -0.3 is 19.8 Å². The summed E-state index contributed by atoms with van der Waals surface area (Å²) in [5.41, 5.74) is 0.388. The first-order chi connectivity index (χ1) is 10.0. The number of aliphatic hydroxyl groups is 1. The minimum absolute atomic E-state index is 0.0455. The summed E-state index contributed by atoms with van der Waals surface area (Å²) < 4.78 is 5.43. The molecule has 2 atom stereocenters. The third-order valence-corrected chi connectivity index (χ3v) is 3.40. The number of hydrogen-bond donors (Lipinski definition) is 2. The van der Waals surface area contributed by atoms with Gasteiger partial charge in [0.05, 0.1) is 12.7 Å². The van der Waals surface area contributed by atoms with E-state index in [0.29, 0.717) is 17.9 Å². The first-order valence-electron chi connectivity index (χ1n) is 6.97. The Kier molecular flexibility index (Phi) is 4.80. The topological polar surface area (TPSA) is 87.1 Å². The molecule has 114 valence electrons. The molecule has 0 unspecified atom stereocenters. The zero-order valence-electron chi connectivity index (χ0n) is 11.9. The third-order valence-electron chi connectivity index (χ3n) is 3.40. The number of amides is 1. The van der Waals surface area contributed by atoms with Crippen molar-refractivity contribution < 1.29 is 24.5 Å². The number of carboxylic acids is 1. The molecule has 21 heavy (non-hydrogen) atoms. The normalized spacial score (nSPS) is 21.3. The molecule has 1 heterocycles. The average molecular weight is 293 g/mol. The Labute approximate surface area is 122 Å². The number of carbonyl (C=O) groups is 2. The molecule has 1 aromatic rings. The van der Waals surface area contributed by atoms with Gasteiger partial charge in [-0.05, 0) is 30.7 Å². The van der Waals surface area contributed by atoms with Gasteiger partial charge in [0.15, 0.2) is 0 Å². The molecule has 0 saturated carbocycles. The SMILES string of the molecule is CCCOc1ccc(C(=O)N2C[C@@H](O)C[C@H]2C(=O)O)cc1. The summed E-state index contributed by atoms with van der Waals surface area (Å²) in [6.45, 7) is 2.65. The van der Waals surface area contributed by atoms with Gasteiger partial charge in [0.25, 0.3) is 5.91 Å². The van der Waals surface area contributed by atoms with Crippen LogP contribution in [0.4, 0.5) is 0 Å². The molecule has 1 aliphatic rings. The Balaban J connectivity index is 2.10. The molecule has 6 nitrogen and oxygen atoms in total. The van der Waals surface area contributed by atoms with Crippen LogP contribution in [0.2, 0.25) is 0 Å². The van der Waals surface area contributed by atoms with Gasteiger partial charge in [-0.15, -0.1) is 0 Å². The van der Waals surface area contributed by atoms with E-state index < -0.39 is 18.1 Å². The van der Waals surface area contributed by atoms with Crippen LogP contribution in [0.15, 0.2) is 24.3 Å². The smallest absolute Gasteiger partial charge is 0.326 e. The van der Waals surface area contributed by atoms with E-state index in [-0.39, 0.29) is 18.9 Å².